The Bertz CT molecular complexity index is 865. The highest BCUT2D eigenvalue weighted by atomic mass is 16.5. The van der Waals surface area contributed by atoms with E-state index in [9.17, 15) is 9.59 Å². The Labute approximate surface area is 143 Å². The van der Waals surface area contributed by atoms with E-state index >= 15 is 0 Å². The van der Waals surface area contributed by atoms with E-state index in [2.05, 4.69) is 20.8 Å². The van der Waals surface area contributed by atoms with Crippen molar-refractivity contribution < 1.29 is 14.3 Å². The minimum atomic E-state index is -0.963. The van der Waals surface area contributed by atoms with Crippen molar-refractivity contribution in [3.05, 3.63) is 66.5 Å². The van der Waals surface area contributed by atoms with E-state index in [-0.39, 0.29) is 5.56 Å². The molecular weight excluding hydrogens is 322 g/mol. The molecule has 1 N–H and O–H groups in total. The summed E-state index contributed by atoms with van der Waals surface area (Å²) in [4.78, 5) is 24.6. The smallest absolute Gasteiger partial charge is 0.341 e. The highest BCUT2D eigenvalue weighted by molar-refractivity contribution is 5.98. The lowest BCUT2D eigenvalue weighted by Crippen LogP contribution is -2.30. The molecule has 0 aliphatic carbocycles. The van der Waals surface area contributed by atoms with E-state index in [4.69, 9.17) is 4.74 Å². The van der Waals surface area contributed by atoms with Crippen LogP contribution in [0.1, 0.15) is 17.3 Å². The Morgan fingerprint density at radius 2 is 1.80 bits per heavy atom. The van der Waals surface area contributed by atoms with Gasteiger partial charge < -0.3 is 10.1 Å². The van der Waals surface area contributed by atoms with Gasteiger partial charge in [-0.3, -0.25) is 4.79 Å². The van der Waals surface area contributed by atoms with Crippen LogP contribution in [-0.2, 0) is 9.53 Å². The molecule has 1 atom stereocenters. The molecule has 0 radical (unpaired) electrons. The number of esters is 1. The third-order valence-electron chi connectivity index (χ3n) is 3.41. The fraction of sp³-hybridized carbons (Fsp3) is 0.118. The number of nitrogens with one attached hydrogen (secondary N) is 1. The first-order valence-corrected chi connectivity index (χ1v) is 7.54. The van der Waals surface area contributed by atoms with Gasteiger partial charge in [0.05, 0.1) is 11.3 Å². The van der Waals surface area contributed by atoms with E-state index in [1.165, 1.54) is 17.9 Å². The highest BCUT2D eigenvalue weighted by Crippen LogP contribution is 2.15. The molecule has 0 fully saturated rings. The number of hydrogen-bond acceptors (Lipinski definition) is 6. The van der Waals surface area contributed by atoms with Crippen molar-refractivity contribution in [2.24, 2.45) is 0 Å². The first-order valence-electron chi connectivity index (χ1n) is 7.54. The maximum absolute atomic E-state index is 12.4. The summed E-state index contributed by atoms with van der Waals surface area (Å²) in [5.74, 6) is -1.05. The second kappa shape index (κ2) is 7.35. The quantitative estimate of drug-likeness (QED) is 0.713. The van der Waals surface area contributed by atoms with Crippen LogP contribution in [-0.4, -0.2) is 38.2 Å². The van der Waals surface area contributed by atoms with Crippen LogP contribution in [0.2, 0.25) is 0 Å². The average molecular weight is 337 g/mol. The van der Waals surface area contributed by atoms with Crippen LogP contribution >= 0.6 is 0 Å². The molecule has 0 aliphatic rings. The number of rotatable bonds is 5. The van der Waals surface area contributed by atoms with Gasteiger partial charge in [0.15, 0.2) is 6.10 Å². The number of carbonyl (C=O) groups excluding carboxylic acids is 2. The molecule has 0 bridgehead atoms. The minimum absolute atomic E-state index is 0.258. The van der Waals surface area contributed by atoms with Crippen molar-refractivity contribution in [1.29, 1.82) is 0 Å². The normalized spacial score (nSPS) is 11.6. The first-order chi connectivity index (χ1) is 12.1. The Balaban J connectivity index is 1.71. The molecule has 1 amide bonds. The molecule has 8 nitrogen and oxygen atoms in total. The summed E-state index contributed by atoms with van der Waals surface area (Å²) in [5, 5.41) is 13.6. The molecule has 126 valence electrons. The van der Waals surface area contributed by atoms with E-state index in [0.29, 0.717) is 11.4 Å². The molecule has 2 aromatic carbocycles. The van der Waals surface area contributed by atoms with Gasteiger partial charge in [-0.05, 0) is 41.6 Å². The summed E-state index contributed by atoms with van der Waals surface area (Å²) in [6.45, 7) is 1.51. The summed E-state index contributed by atoms with van der Waals surface area (Å²) in [7, 11) is 0. The lowest BCUT2D eigenvalue weighted by Gasteiger charge is -2.14. The zero-order chi connectivity index (χ0) is 17.6. The van der Waals surface area contributed by atoms with E-state index in [0.717, 1.165) is 0 Å². The van der Waals surface area contributed by atoms with Crippen LogP contribution in [0, 0.1) is 0 Å². The third kappa shape index (κ3) is 3.86. The lowest BCUT2D eigenvalue weighted by molar-refractivity contribution is -0.123. The number of nitrogens with zero attached hydrogens (tertiary/aromatic N) is 4. The number of carbonyl (C=O) groups is 2. The number of benzene rings is 2. The van der Waals surface area contributed by atoms with Gasteiger partial charge in [0.25, 0.3) is 5.91 Å². The standard InChI is InChI=1S/C17H15N5O3/c1-12(16(23)19-13-7-3-2-4-8-13)25-17(24)14-9-5-6-10-15(14)22-11-18-20-21-22/h2-12H,1H3,(H,19,23)/t12-/m1/s1. The van der Waals surface area contributed by atoms with E-state index < -0.39 is 18.0 Å². The largest absolute Gasteiger partial charge is 0.449 e. The van der Waals surface area contributed by atoms with Crippen LogP contribution in [0.5, 0.6) is 0 Å². The molecule has 25 heavy (non-hydrogen) atoms. The first kappa shape index (κ1) is 16.3. The molecule has 0 saturated heterocycles. The Kier molecular flexibility index (Phi) is 4.79. The molecule has 3 rings (SSSR count). The minimum Gasteiger partial charge on any atom is -0.449 e. The number of aromatic nitrogens is 4. The van der Waals surface area contributed by atoms with Gasteiger partial charge in [0.1, 0.15) is 6.33 Å². The van der Waals surface area contributed by atoms with Gasteiger partial charge in [-0.1, -0.05) is 30.3 Å². The summed E-state index contributed by atoms with van der Waals surface area (Å²) in [6.07, 6.45) is 0.409. The zero-order valence-electron chi connectivity index (χ0n) is 13.4. The summed E-state index contributed by atoms with van der Waals surface area (Å²) in [5.41, 5.74) is 1.35. The van der Waals surface area contributed by atoms with Gasteiger partial charge in [-0.15, -0.1) is 5.10 Å². The van der Waals surface area contributed by atoms with E-state index in [1.807, 2.05) is 6.07 Å². The third-order valence-corrected chi connectivity index (χ3v) is 3.41. The Morgan fingerprint density at radius 3 is 2.52 bits per heavy atom. The molecule has 1 aromatic heterocycles. The second-order valence-electron chi connectivity index (χ2n) is 5.17. The number of para-hydroxylation sites is 2. The number of hydrogen-bond donors (Lipinski definition) is 1. The molecule has 0 aliphatic heterocycles. The van der Waals surface area contributed by atoms with Gasteiger partial charge >= 0.3 is 5.97 Å². The van der Waals surface area contributed by atoms with Crippen molar-refractivity contribution in [3.63, 3.8) is 0 Å². The number of anilines is 1. The zero-order valence-corrected chi connectivity index (χ0v) is 13.4. The highest BCUT2D eigenvalue weighted by Gasteiger charge is 2.21. The van der Waals surface area contributed by atoms with Crippen LogP contribution in [0.4, 0.5) is 5.69 Å². The monoisotopic (exact) mass is 337 g/mol. The second-order valence-corrected chi connectivity index (χ2v) is 5.17. The summed E-state index contributed by atoms with van der Waals surface area (Å²) < 4.78 is 6.63. The summed E-state index contributed by atoms with van der Waals surface area (Å²) in [6, 6.07) is 15.7. The Hall–Kier alpha value is -3.55. The van der Waals surface area contributed by atoms with Crippen molar-refractivity contribution in [2.75, 3.05) is 5.32 Å². The molecule has 0 spiro atoms. The summed E-state index contributed by atoms with van der Waals surface area (Å²) >= 11 is 0. The molecule has 8 heteroatoms. The van der Waals surface area contributed by atoms with Crippen LogP contribution in [0.15, 0.2) is 60.9 Å². The molecular formula is C17H15N5O3. The van der Waals surface area contributed by atoms with Crippen molar-refractivity contribution >= 4 is 17.6 Å². The van der Waals surface area contributed by atoms with Gasteiger partial charge in [0, 0.05) is 5.69 Å². The maximum Gasteiger partial charge on any atom is 0.341 e. The van der Waals surface area contributed by atoms with Gasteiger partial charge in [-0.25, -0.2) is 4.79 Å². The molecule has 3 aromatic rings. The molecule has 0 saturated carbocycles. The number of amides is 1. The predicted octanol–water partition coefficient (Wildman–Crippen LogP) is 1.85. The lowest BCUT2D eigenvalue weighted by atomic mass is 10.2. The molecule has 0 unspecified atom stereocenters. The van der Waals surface area contributed by atoms with E-state index in [1.54, 1.807) is 48.5 Å². The number of tetrazole rings is 1. The van der Waals surface area contributed by atoms with Crippen molar-refractivity contribution in [1.82, 2.24) is 20.2 Å². The van der Waals surface area contributed by atoms with Crippen molar-refractivity contribution in [3.8, 4) is 5.69 Å². The number of ether oxygens (including phenoxy) is 1. The van der Waals surface area contributed by atoms with Crippen LogP contribution in [0.25, 0.3) is 5.69 Å². The predicted molar refractivity (Wildman–Crippen MR) is 89.1 cm³/mol. The maximum atomic E-state index is 12.4. The fourth-order valence-electron chi connectivity index (χ4n) is 2.16. The van der Waals surface area contributed by atoms with Crippen molar-refractivity contribution in [2.45, 2.75) is 13.0 Å². The SMILES string of the molecule is C[C@@H](OC(=O)c1ccccc1-n1cnnn1)C(=O)Nc1ccccc1. The van der Waals surface area contributed by atoms with Crippen LogP contribution < -0.4 is 5.32 Å². The van der Waals surface area contributed by atoms with Crippen LogP contribution in [0.3, 0.4) is 0 Å². The Morgan fingerprint density at radius 1 is 1.08 bits per heavy atom. The molecule has 1 heterocycles. The topological polar surface area (TPSA) is 99.0 Å². The fourth-order valence-corrected chi connectivity index (χ4v) is 2.16. The van der Waals surface area contributed by atoms with Gasteiger partial charge in [0.2, 0.25) is 0 Å². The average Bonchev–Trinajstić information content (AvgIpc) is 3.17. The van der Waals surface area contributed by atoms with Gasteiger partial charge in [-0.2, -0.15) is 4.68 Å².